The van der Waals surface area contributed by atoms with E-state index >= 15 is 0 Å². The van der Waals surface area contributed by atoms with Crippen LogP contribution < -0.4 is 25.4 Å². The lowest BCUT2D eigenvalue weighted by molar-refractivity contribution is 0.0963. The van der Waals surface area contributed by atoms with E-state index in [1.807, 2.05) is 42.5 Å². The molecule has 2 rings (SSSR count). The molecule has 0 fully saturated rings. The van der Waals surface area contributed by atoms with Crippen LogP contribution in [0.3, 0.4) is 0 Å². The molecule has 0 atom stereocenters. The first-order valence-corrected chi connectivity index (χ1v) is 10.2. The topological polar surface area (TPSA) is 84.0 Å². The molecule has 31 heavy (non-hydrogen) atoms. The molecule has 170 valence electrons. The van der Waals surface area contributed by atoms with Gasteiger partial charge in [-0.15, -0.1) is 24.0 Å². The van der Waals surface area contributed by atoms with Crippen LogP contribution in [0.5, 0.6) is 11.5 Å². The number of amides is 1. The fraction of sp³-hybridized carbons (Fsp3) is 0.391. The van der Waals surface area contributed by atoms with Crippen molar-refractivity contribution < 1.29 is 14.3 Å². The van der Waals surface area contributed by atoms with Gasteiger partial charge in [-0.05, 0) is 48.2 Å². The number of nitrogens with zero attached hydrogens (tertiary/aromatic N) is 1. The van der Waals surface area contributed by atoms with Gasteiger partial charge in [-0.2, -0.15) is 0 Å². The molecule has 0 aliphatic heterocycles. The number of methoxy groups -OCH3 is 1. The smallest absolute Gasteiger partial charge is 0.251 e. The van der Waals surface area contributed by atoms with Gasteiger partial charge in [0.25, 0.3) is 5.91 Å². The molecular weight excluding hydrogens is 507 g/mol. The Morgan fingerprint density at radius 2 is 1.87 bits per heavy atom. The number of hydrogen-bond acceptors (Lipinski definition) is 4. The van der Waals surface area contributed by atoms with Crippen molar-refractivity contribution in [1.29, 1.82) is 0 Å². The standard InChI is InChI=1S/C23H32N4O3.HI/c1-5-13-30-20-10-9-18(15-21(20)29-4)16-27-23(25-3)26-12-11-17-7-6-8-19(14-17)22(28)24-2;/h6-10,14-15H,5,11-13,16H2,1-4H3,(H,24,28)(H2,25,26,27);1H. The molecule has 3 N–H and O–H groups in total. The summed E-state index contributed by atoms with van der Waals surface area (Å²) >= 11 is 0. The predicted molar refractivity (Wildman–Crippen MR) is 136 cm³/mol. The Balaban J connectivity index is 0.00000480. The van der Waals surface area contributed by atoms with Crippen molar-refractivity contribution >= 4 is 35.8 Å². The molecule has 1 amide bonds. The van der Waals surface area contributed by atoms with E-state index in [2.05, 4.69) is 27.9 Å². The Morgan fingerprint density at radius 1 is 1.06 bits per heavy atom. The normalized spacial score (nSPS) is 10.6. The van der Waals surface area contributed by atoms with E-state index in [9.17, 15) is 4.79 Å². The summed E-state index contributed by atoms with van der Waals surface area (Å²) in [6.07, 6.45) is 1.73. The van der Waals surface area contributed by atoms with Crippen molar-refractivity contribution in [2.24, 2.45) is 4.99 Å². The van der Waals surface area contributed by atoms with E-state index in [0.717, 1.165) is 35.5 Å². The average Bonchev–Trinajstić information content (AvgIpc) is 2.79. The number of benzene rings is 2. The molecule has 0 heterocycles. The summed E-state index contributed by atoms with van der Waals surface area (Å²) in [5.41, 5.74) is 2.82. The summed E-state index contributed by atoms with van der Waals surface area (Å²) in [6.45, 7) is 4.04. The van der Waals surface area contributed by atoms with Gasteiger partial charge < -0.3 is 25.4 Å². The Hall–Kier alpha value is -2.49. The van der Waals surface area contributed by atoms with Gasteiger partial charge in [0.05, 0.1) is 13.7 Å². The zero-order chi connectivity index (χ0) is 21.8. The number of rotatable bonds is 10. The summed E-state index contributed by atoms with van der Waals surface area (Å²) in [6, 6.07) is 13.5. The summed E-state index contributed by atoms with van der Waals surface area (Å²) in [7, 11) is 5.02. The van der Waals surface area contributed by atoms with Crippen LogP contribution in [-0.2, 0) is 13.0 Å². The summed E-state index contributed by atoms with van der Waals surface area (Å²) in [4.78, 5) is 16.0. The third kappa shape index (κ3) is 8.64. The second-order valence-electron chi connectivity index (χ2n) is 6.72. The number of carbonyl (C=O) groups is 1. The van der Waals surface area contributed by atoms with Crippen molar-refractivity contribution in [2.45, 2.75) is 26.3 Å². The number of guanidine groups is 1. The van der Waals surface area contributed by atoms with Gasteiger partial charge >= 0.3 is 0 Å². The second-order valence-corrected chi connectivity index (χ2v) is 6.72. The predicted octanol–water partition coefficient (Wildman–Crippen LogP) is 3.37. The van der Waals surface area contributed by atoms with Gasteiger partial charge in [0, 0.05) is 32.7 Å². The first kappa shape index (κ1) is 26.5. The molecule has 0 aliphatic rings. The molecule has 2 aromatic carbocycles. The van der Waals surface area contributed by atoms with E-state index in [4.69, 9.17) is 9.47 Å². The van der Waals surface area contributed by atoms with E-state index in [0.29, 0.717) is 31.2 Å². The van der Waals surface area contributed by atoms with Gasteiger partial charge in [-0.1, -0.05) is 25.1 Å². The van der Waals surface area contributed by atoms with Crippen LogP contribution in [0, 0.1) is 0 Å². The van der Waals surface area contributed by atoms with Crippen LogP contribution >= 0.6 is 24.0 Å². The Bertz CT molecular complexity index is 858. The van der Waals surface area contributed by atoms with Crippen LogP contribution in [-0.4, -0.2) is 46.2 Å². The maximum absolute atomic E-state index is 11.8. The first-order valence-electron chi connectivity index (χ1n) is 10.2. The molecule has 0 bridgehead atoms. The molecule has 2 aromatic rings. The molecule has 0 aromatic heterocycles. The first-order chi connectivity index (χ1) is 14.6. The quantitative estimate of drug-likeness (QED) is 0.245. The van der Waals surface area contributed by atoms with Crippen LogP contribution in [0.2, 0.25) is 0 Å². The van der Waals surface area contributed by atoms with Crippen molar-refractivity contribution in [3.8, 4) is 11.5 Å². The third-order valence-electron chi connectivity index (χ3n) is 4.50. The molecule has 0 spiro atoms. The minimum absolute atomic E-state index is 0. The average molecular weight is 540 g/mol. The number of ether oxygens (including phenoxy) is 2. The fourth-order valence-corrected chi connectivity index (χ4v) is 2.90. The van der Waals surface area contributed by atoms with Crippen LogP contribution in [0.15, 0.2) is 47.5 Å². The Morgan fingerprint density at radius 3 is 2.55 bits per heavy atom. The monoisotopic (exact) mass is 540 g/mol. The molecule has 7 nitrogen and oxygen atoms in total. The Kier molecular flexibility index (Phi) is 12.4. The largest absolute Gasteiger partial charge is 0.493 e. The van der Waals surface area contributed by atoms with Crippen molar-refractivity contribution in [2.75, 3.05) is 34.4 Å². The SMILES string of the molecule is CCCOc1ccc(CNC(=NC)NCCc2cccc(C(=O)NC)c2)cc1OC.I. The van der Waals surface area contributed by atoms with Gasteiger partial charge in [-0.3, -0.25) is 9.79 Å². The third-order valence-corrected chi connectivity index (χ3v) is 4.50. The second kappa shape index (κ2) is 14.5. The highest BCUT2D eigenvalue weighted by atomic mass is 127. The van der Waals surface area contributed by atoms with Crippen LogP contribution in [0.25, 0.3) is 0 Å². The maximum atomic E-state index is 11.8. The number of carbonyl (C=O) groups excluding carboxylic acids is 1. The number of hydrogen-bond donors (Lipinski definition) is 3. The van der Waals surface area contributed by atoms with Gasteiger partial charge in [0.15, 0.2) is 17.5 Å². The minimum Gasteiger partial charge on any atom is -0.493 e. The molecule has 0 aliphatic carbocycles. The van der Waals surface area contributed by atoms with Crippen LogP contribution in [0.4, 0.5) is 0 Å². The molecule has 0 unspecified atom stereocenters. The van der Waals surface area contributed by atoms with E-state index in [-0.39, 0.29) is 29.9 Å². The molecule has 0 saturated heterocycles. The summed E-state index contributed by atoms with van der Waals surface area (Å²) in [5.74, 6) is 2.11. The van der Waals surface area contributed by atoms with E-state index < -0.39 is 0 Å². The highest BCUT2D eigenvalue weighted by Gasteiger charge is 2.07. The maximum Gasteiger partial charge on any atom is 0.251 e. The minimum atomic E-state index is -0.0798. The lowest BCUT2D eigenvalue weighted by atomic mass is 10.1. The summed E-state index contributed by atoms with van der Waals surface area (Å²) in [5, 5.41) is 9.25. The zero-order valence-corrected chi connectivity index (χ0v) is 21.0. The van der Waals surface area contributed by atoms with Gasteiger partial charge in [0.1, 0.15) is 0 Å². The number of aliphatic imine (C=N–C) groups is 1. The fourth-order valence-electron chi connectivity index (χ4n) is 2.90. The zero-order valence-electron chi connectivity index (χ0n) is 18.7. The van der Waals surface area contributed by atoms with E-state index in [1.54, 1.807) is 21.2 Å². The lowest BCUT2D eigenvalue weighted by Gasteiger charge is -2.14. The highest BCUT2D eigenvalue weighted by Crippen LogP contribution is 2.28. The molecule has 8 heteroatoms. The number of halogens is 1. The summed E-state index contributed by atoms with van der Waals surface area (Å²) < 4.78 is 11.1. The molecular formula is C23H33IN4O3. The molecule has 0 saturated carbocycles. The Labute approximate surface area is 202 Å². The number of nitrogens with one attached hydrogen (secondary N) is 3. The van der Waals surface area contributed by atoms with Crippen molar-refractivity contribution in [3.63, 3.8) is 0 Å². The van der Waals surface area contributed by atoms with Crippen LogP contribution in [0.1, 0.15) is 34.8 Å². The molecule has 0 radical (unpaired) electrons. The van der Waals surface area contributed by atoms with Gasteiger partial charge in [0.2, 0.25) is 0 Å². The van der Waals surface area contributed by atoms with E-state index in [1.165, 1.54) is 0 Å². The van der Waals surface area contributed by atoms with Crippen molar-refractivity contribution in [3.05, 3.63) is 59.2 Å². The van der Waals surface area contributed by atoms with Crippen molar-refractivity contribution in [1.82, 2.24) is 16.0 Å². The lowest BCUT2D eigenvalue weighted by Crippen LogP contribution is -2.37. The highest BCUT2D eigenvalue weighted by molar-refractivity contribution is 14.0. The van der Waals surface area contributed by atoms with Gasteiger partial charge in [-0.25, -0.2) is 0 Å².